The number of hydrogen-bond acceptors (Lipinski definition) is 2. The average molecular weight is 345 g/mol. The first kappa shape index (κ1) is 12.7. The smallest absolute Gasteiger partial charge is 0.235 e. The maximum atomic E-state index is 11.9. The van der Waals surface area contributed by atoms with Gasteiger partial charge in [0.15, 0.2) is 0 Å². The molecular formula is C13H16INO2. The molecule has 0 spiro atoms. The van der Waals surface area contributed by atoms with Crippen LogP contribution >= 0.6 is 22.6 Å². The maximum Gasteiger partial charge on any atom is 0.235 e. The number of rotatable bonds is 3. The highest BCUT2D eigenvalue weighted by Gasteiger charge is 2.26. The molecule has 0 aliphatic carbocycles. The molecule has 0 aromatic heterocycles. The zero-order valence-electron chi connectivity index (χ0n) is 9.86. The van der Waals surface area contributed by atoms with E-state index in [0.29, 0.717) is 6.54 Å². The number of amides is 1. The summed E-state index contributed by atoms with van der Waals surface area (Å²) in [6, 6.07) is 7.91. The monoisotopic (exact) mass is 345 g/mol. The van der Waals surface area contributed by atoms with Crippen molar-refractivity contribution in [3.8, 4) is 5.75 Å². The third-order valence-electron chi connectivity index (χ3n) is 3.00. The minimum Gasteiger partial charge on any atom is -0.497 e. The van der Waals surface area contributed by atoms with Crippen molar-refractivity contribution in [2.24, 2.45) is 0 Å². The van der Waals surface area contributed by atoms with Gasteiger partial charge in [0.25, 0.3) is 0 Å². The molecule has 92 valence electrons. The van der Waals surface area contributed by atoms with Crippen LogP contribution in [0.4, 0.5) is 0 Å². The van der Waals surface area contributed by atoms with E-state index < -0.39 is 0 Å². The van der Waals surface area contributed by atoms with E-state index in [0.717, 1.165) is 30.7 Å². The van der Waals surface area contributed by atoms with Gasteiger partial charge in [0.1, 0.15) is 5.75 Å². The second-order valence-electron chi connectivity index (χ2n) is 4.22. The Bertz CT molecular complexity index is 391. The number of likely N-dealkylation sites (tertiary alicyclic amines) is 1. The quantitative estimate of drug-likeness (QED) is 0.623. The summed E-state index contributed by atoms with van der Waals surface area (Å²) in [5.74, 6) is 1.12. The molecule has 1 saturated heterocycles. The van der Waals surface area contributed by atoms with Gasteiger partial charge in [0.2, 0.25) is 5.91 Å². The molecule has 1 aromatic rings. The van der Waals surface area contributed by atoms with Gasteiger partial charge in [-0.3, -0.25) is 4.79 Å². The van der Waals surface area contributed by atoms with Crippen molar-refractivity contribution in [2.45, 2.75) is 23.3 Å². The molecule has 0 radical (unpaired) electrons. The first-order valence-electron chi connectivity index (χ1n) is 5.76. The lowest BCUT2D eigenvalue weighted by Crippen LogP contribution is -2.40. The molecule has 1 atom stereocenters. The van der Waals surface area contributed by atoms with Gasteiger partial charge >= 0.3 is 0 Å². The first-order valence-corrected chi connectivity index (χ1v) is 7.01. The fourth-order valence-electron chi connectivity index (χ4n) is 2.00. The molecule has 1 aromatic carbocycles. The Hall–Kier alpha value is -0.780. The van der Waals surface area contributed by atoms with Gasteiger partial charge in [0, 0.05) is 13.1 Å². The Morgan fingerprint density at radius 3 is 2.76 bits per heavy atom. The molecule has 1 amide bonds. The van der Waals surface area contributed by atoms with Gasteiger partial charge in [-0.25, -0.2) is 0 Å². The Labute approximate surface area is 115 Å². The molecular weight excluding hydrogens is 329 g/mol. The normalized spacial score (nSPS) is 20.5. The fourth-order valence-corrected chi connectivity index (χ4v) is 2.84. The van der Waals surface area contributed by atoms with E-state index in [1.165, 1.54) is 0 Å². The summed E-state index contributed by atoms with van der Waals surface area (Å²) in [5, 5.41) is 0. The summed E-state index contributed by atoms with van der Waals surface area (Å²) >= 11 is 2.24. The predicted octanol–water partition coefficient (Wildman–Crippen LogP) is 2.62. The molecule has 0 saturated carbocycles. The SMILES string of the molecule is COc1ccc(CN2CCC[C@H](I)C2=O)cc1. The van der Waals surface area contributed by atoms with Crippen LogP contribution in [0, 0.1) is 0 Å². The van der Waals surface area contributed by atoms with E-state index in [1.807, 2.05) is 29.2 Å². The summed E-state index contributed by atoms with van der Waals surface area (Å²) in [5.41, 5.74) is 1.16. The fraction of sp³-hybridized carbons (Fsp3) is 0.462. The van der Waals surface area contributed by atoms with E-state index in [-0.39, 0.29) is 9.83 Å². The number of hydrogen-bond donors (Lipinski definition) is 0. The summed E-state index contributed by atoms with van der Waals surface area (Å²) in [6.07, 6.45) is 2.12. The zero-order chi connectivity index (χ0) is 12.3. The summed E-state index contributed by atoms with van der Waals surface area (Å²) in [4.78, 5) is 13.9. The van der Waals surface area contributed by atoms with Crippen LogP contribution in [-0.4, -0.2) is 28.4 Å². The number of methoxy groups -OCH3 is 1. The average Bonchev–Trinajstić information content (AvgIpc) is 2.36. The van der Waals surface area contributed by atoms with E-state index in [1.54, 1.807) is 7.11 Å². The van der Waals surface area contributed by atoms with Crippen LogP contribution in [0.2, 0.25) is 0 Å². The van der Waals surface area contributed by atoms with Gasteiger partial charge in [-0.1, -0.05) is 34.7 Å². The molecule has 4 heteroatoms. The number of piperidine rings is 1. The summed E-state index contributed by atoms with van der Waals surface area (Å²) in [6.45, 7) is 1.59. The van der Waals surface area contributed by atoms with Crippen LogP contribution < -0.4 is 4.74 Å². The van der Waals surface area contributed by atoms with Crippen molar-refractivity contribution in [3.63, 3.8) is 0 Å². The number of carbonyl (C=O) groups is 1. The highest BCUT2D eigenvalue weighted by atomic mass is 127. The molecule has 3 nitrogen and oxygen atoms in total. The number of nitrogens with zero attached hydrogens (tertiary/aromatic N) is 1. The van der Waals surface area contributed by atoms with Crippen molar-refractivity contribution in [2.75, 3.05) is 13.7 Å². The molecule has 17 heavy (non-hydrogen) atoms. The van der Waals surface area contributed by atoms with E-state index >= 15 is 0 Å². The van der Waals surface area contributed by atoms with Crippen LogP contribution in [0.1, 0.15) is 18.4 Å². The van der Waals surface area contributed by atoms with E-state index in [4.69, 9.17) is 4.74 Å². The highest BCUT2D eigenvalue weighted by Crippen LogP contribution is 2.21. The Kier molecular flexibility index (Phi) is 4.25. The van der Waals surface area contributed by atoms with Crippen LogP contribution in [-0.2, 0) is 11.3 Å². The second-order valence-corrected chi connectivity index (χ2v) is 5.72. The number of ether oxygens (including phenoxy) is 1. The molecule has 0 bridgehead atoms. The minimum absolute atomic E-state index is 0.152. The Morgan fingerprint density at radius 2 is 2.12 bits per heavy atom. The molecule has 1 aliphatic rings. The van der Waals surface area contributed by atoms with Crippen LogP contribution in [0.15, 0.2) is 24.3 Å². The largest absolute Gasteiger partial charge is 0.497 e. The lowest BCUT2D eigenvalue weighted by atomic mass is 10.1. The van der Waals surface area contributed by atoms with E-state index in [2.05, 4.69) is 22.6 Å². The Balaban J connectivity index is 2.01. The van der Waals surface area contributed by atoms with Crippen LogP contribution in [0.3, 0.4) is 0 Å². The van der Waals surface area contributed by atoms with Crippen molar-refractivity contribution < 1.29 is 9.53 Å². The zero-order valence-corrected chi connectivity index (χ0v) is 12.0. The number of halogens is 1. The topological polar surface area (TPSA) is 29.5 Å². The summed E-state index contributed by atoms with van der Waals surface area (Å²) in [7, 11) is 1.66. The highest BCUT2D eigenvalue weighted by molar-refractivity contribution is 14.1. The van der Waals surface area contributed by atoms with Gasteiger partial charge in [-0.2, -0.15) is 0 Å². The van der Waals surface area contributed by atoms with Crippen LogP contribution in [0.25, 0.3) is 0 Å². The van der Waals surface area contributed by atoms with Gasteiger partial charge in [0.05, 0.1) is 11.0 Å². The minimum atomic E-state index is 0.152. The van der Waals surface area contributed by atoms with Crippen molar-refractivity contribution in [3.05, 3.63) is 29.8 Å². The van der Waals surface area contributed by atoms with Crippen molar-refractivity contribution in [1.29, 1.82) is 0 Å². The lowest BCUT2D eigenvalue weighted by Gasteiger charge is -2.29. The Morgan fingerprint density at radius 1 is 1.41 bits per heavy atom. The molecule has 1 aliphatic heterocycles. The number of benzene rings is 1. The molecule has 1 fully saturated rings. The third-order valence-corrected chi connectivity index (χ3v) is 4.15. The van der Waals surface area contributed by atoms with E-state index in [9.17, 15) is 4.79 Å². The maximum absolute atomic E-state index is 11.9. The second kappa shape index (κ2) is 5.71. The third kappa shape index (κ3) is 3.12. The molecule has 0 unspecified atom stereocenters. The summed E-state index contributed by atoms with van der Waals surface area (Å²) < 4.78 is 5.27. The van der Waals surface area contributed by atoms with Gasteiger partial charge < -0.3 is 9.64 Å². The number of alkyl halides is 1. The molecule has 1 heterocycles. The molecule has 0 N–H and O–H groups in total. The van der Waals surface area contributed by atoms with Gasteiger partial charge in [-0.05, 0) is 30.5 Å². The molecule has 2 rings (SSSR count). The van der Waals surface area contributed by atoms with Crippen molar-refractivity contribution in [1.82, 2.24) is 4.90 Å². The number of carbonyl (C=O) groups excluding carboxylic acids is 1. The van der Waals surface area contributed by atoms with Crippen molar-refractivity contribution >= 4 is 28.5 Å². The predicted molar refractivity (Wildman–Crippen MR) is 75.5 cm³/mol. The van der Waals surface area contributed by atoms with Crippen LogP contribution in [0.5, 0.6) is 5.75 Å². The van der Waals surface area contributed by atoms with Gasteiger partial charge in [-0.15, -0.1) is 0 Å². The lowest BCUT2D eigenvalue weighted by molar-refractivity contribution is -0.132. The first-order chi connectivity index (χ1) is 8.20. The standard InChI is InChI=1S/C13H16INO2/c1-17-11-6-4-10(5-7-11)9-15-8-2-3-12(14)13(15)16/h4-7,12H,2-3,8-9H2,1H3/t12-/m0/s1.